The summed E-state index contributed by atoms with van der Waals surface area (Å²) in [6.07, 6.45) is 6.37. The number of allylic oxidation sites excluding steroid dienone is 3. The highest BCUT2D eigenvalue weighted by atomic mass is 16.3. The van der Waals surface area contributed by atoms with E-state index in [0.29, 0.717) is 6.42 Å². The normalized spacial score (nSPS) is 12.3. The lowest BCUT2D eigenvalue weighted by Gasteiger charge is -1.94. The molecule has 0 aliphatic rings. The molecule has 0 heterocycles. The first-order valence-corrected chi connectivity index (χ1v) is 3.08. The molecule has 2 nitrogen and oxygen atoms in total. The Bertz CT molecular complexity index is 145. The van der Waals surface area contributed by atoms with Crippen LogP contribution in [0.25, 0.3) is 0 Å². The van der Waals surface area contributed by atoms with Gasteiger partial charge in [-0.25, -0.2) is 0 Å². The highest BCUT2D eigenvalue weighted by Crippen LogP contribution is 2.01. The Hall–Kier alpha value is -1.02. The summed E-state index contributed by atoms with van der Waals surface area (Å²) in [6, 6.07) is 0. The molecule has 0 aliphatic carbocycles. The van der Waals surface area contributed by atoms with Crippen LogP contribution in [0.2, 0.25) is 0 Å². The summed E-state index contributed by atoms with van der Waals surface area (Å²) in [5.74, 6) is 0. The van der Waals surface area contributed by atoms with Crippen LogP contribution in [-0.4, -0.2) is 16.8 Å². The molecule has 0 aromatic carbocycles. The van der Waals surface area contributed by atoms with Crippen molar-refractivity contribution in [1.29, 1.82) is 0 Å². The van der Waals surface area contributed by atoms with Gasteiger partial charge in [-0.2, -0.15) is 0 Å². The average molecular weight is 140 g/mol. The van der Waals surface area contributed by atoms with Gasteiger partial charge in [0, 0.05) is 6.61 Å². The Morgan fingerprint density at radius 1 is 1.50 bits per heavy atom. The standard InChI is InChI=1S/C8H12O2/c1-2-3-8(4-6-9)5-7-10/h2-4,6,9-10H,1,5,7H2/b6-4-,8-3+. The number of aliphatic hydroxyl groups excluding tert-OH is 2. The summed E-state index contributed by atoms with van der Waals surface area (Å²) in [7, 11) is 0. The Balaban J connectivity index is 3.96. The van der Waals surface area contributed by atoms with Gasteiger partial charge in [0.2, 0.25) is 0 Å². The van der Waals surface area contributed by atoms with E-state index in [1.54, 1.807) is 12.2 Å². The largest absolute Gasteiger partial charge is 0.516 e. The van der Waals surface area contributed by atoms with Crippen molar-refractivity contribution in [1.82, 2.24) is 0 Å². The summed E-state index contributed by atoms with van der Waals surface area (Å²) >= 11 is 0. The van der Waals surface area contributed by atoms with Crippen LogP contribution in [0.3, 0.4) is 0 Å². The molecule has 0 amide bonds. The Kier molecular flexibility index (Phi) is 5.48. The lowest BCUT2D eigenvalue weighted by molar-refractivity contribution is 0.300. The summed E-state index contributed by atoms with van der Waals surface area (Å²) in [5, 5.41) is 16.9. The molecule has 56 valence electrons. The number of hydrogen-bond donors (Lipinski definition) is 2. The highest BCUT2D eigenvalue weighted by molar-refractivity contribution is 5.21. The fourth-order valence-electron chi connectivity index (χ4n) is 0.598. The van der Waals surface area contributed by atoms with Crippen LogP contribution in [0.1, 0.15) is 6.42 Å². The number of aliphatic hydroxyl groups is 2. The topological polar surface area (TPSA) is 40.5 Å². The molecule has 0 aromatic rings. The molecule has 0 saturated carbocycles. The molecular weight excluding hydrogens is 128 g/mol. The Labute approximate surface area is 60.8 Å². The van der Waals surface area contributed by atoms with Crippen LogP contribution < -0.4 is 0 Å². The zero-order valence-electron chi connectivity index (χ0n) is 5.83. The lowest BCUT2D eigenvalue weighted by atomic mass is 10.2. The minimum Gasteiger partial charge on any atom is -0.516 e. The third-order valence-corrected chi connectivity index (χ3v) is 1.02. The molecule has 0 bridgehead atoms. The predicted molar refractivity (Wildman–Crippen MR) is 41.8 cm³/mol. The van der Waals surface area contributed by atoms with Gasteiger partial charge in [0.1, 0.15) is 0 Å². The monoisotopic (exact) mass is 140 g/mol. The van der Waals surface area contributed by atoms with Crippen LogP contribution >= 0.6 is 0 Å². The van der Waals surface area contributed by atoms with Crippen molar-refractivity contribution >= 4 is 0 Å². The van der Waals surface area contributed by atoms with Gasteiger partial charge in [0.05, 0.1) is 6.26 Å². The molecule has 10 heavy (non-hydrogen) atoms. The van der Waals surface area contributed by atoms with E-state index in [4.69, 9.17) is 10.2 Å². The van der Waals surface area contributed by atoms with Crippen molar-refractivity contribution in [2.45, 2.75) is 6.42 Å². The van der Waals surface area contributed by atoms with Gasteiger partial charge in [-0.1, -0.05) is 18.7 Å². The van der Waals surface area contributed by atoms with Crippen molar-refractivity contribution in [2.24, 2.45) is 0 Å². The molecule has 0 unspecified atom stereocenters. The van der Waals surface area contributed by atoms with E-state index < -0.39 is 0 Å². The van der Waals surface area contributed by atoms with Crippen molar-refractivity contribution in [3.63, 3.8) is 0 Å². The van der Waals surface area contributed by atoms with Crippen LogP contribution in [-0.2, 0) is 0 Å². The van der Waals surface area contributed by atoms with Crippen LogP contribution in [0.4, 0.5) is 0 Å². The number of hydrogen-bond acceptors (Lipinski definition) is 2. The van der Waals surface area contributed by atoms with Gasteiger partial charge in [0.15, 0.2) is 0 Å². The van der Waals surface area contributed by atoms with Gasteiger partial charge in [-0.15, -0.1) is 0 Å². The summed E-state index contributed by atoms with van der Waals surface area (Å²) in [4.78, 5) is 0. The zero-order valence-corrected chi connectivity index (χ0v) is 5.83. The maximum atomic E-state index is 8.50. The maximum Gasteiger partial charge on any atom is 0.0794 e. The highest BCUT2D eigenvalue weighted by Gasteiger charge is 1.87. The van der Waals surface area contributed by atoms with Gasteiger partial charge >= 0.3 is 0 Å². The summed E-state index contributed by atoms with van der Waals surface area (Å²) < 4.78 is 0. The maximum absolute atomic E-state index is 8.50. The van der Waals surface area contributed by atoms with E-state index >= 15 is 0 Å². The zero-order chi connectivity index (χ0) is 7.82. The Morgan fingerprint density at radius 3 is 2.60 bits per heavy atom. The second kappa shape index (κ2) is 6.11. The fraction of sp³-hybridized carbons (Fsp3) is 0.250. The quantitative estimate of drug-likeness (QED) is 0.459. The van der Waals surface area contributed by atoms with Crippen molar-refractivity contribution in [3.05, 3.63) is 36.6 Å². The fourth-order valence-corrected chi connectivity index (χ4v) is 0.598. The van der Waals surface area contributed by atoms with Crippen molar-refractivity contribution in [2.75, 3.05) is 6.61 Å². The molecule has 0 fully saturated rings. The van der Waals surface area contributed by atoms with Gasteiger partial charge in [-0.3, -0.25) is 0 Å². The molecule has 2 N–H and O–H groups in total. The second-order valence-corrected chi connectivity index (χ2v) is 1.77. The summed E-state index contributed by atoms with van der Waals surface area (Å²) in [6.45, 7) is 3.58. The molecule has 0 aliphatic heterocycles. The SMILES string of the molecule is C=C/C=C(\C=C/O)CCO. The van der Waals surface area contributed by atoms with Crippen molar-refractivity contribution in [3.8, 4) is 0 Å². The minimum atomic E-state index is 0.0873. The second-order valence-electron chi connectivity index (χ2n) is 1.77. The lowest BCUT2D eigenvalue weighted by Crippen LogP contribution is -1.84. The average Bonchev–Trinajstić information content (AvgIpc) is 1.90. The molecule has 0 saturated heterocycles. The van der Waals surface area contributed by atoms with Gasteiger partial charge in [0.25, 0.3) is 0 Å². The Morgan fingerprint density at radius 2 is 2.20 bits per heavy atom. The molecule has 0 aromatic heterocycles. The molecule has 0 radical (unpaired) electrons. The van der Waals surface area contributed by atoms with Crippen molar-refractivity contribution < 1.29 is 10.2 Å². The molecule has 0 atom stereocenters. The van der Waals surface area contributed by atoms with Gasteiger partial charge in [-0.05, 0) is 18.1 Å². The molecule has 2 heteroatoms. The van der Waals surface area contributed by atoms with E-state index in [-0.39, 0.29) is 6.61 Å². The van der Waals surface area contributed by atoms with E-state index in [1.165, 1.54) is 6.08 Å². The van der Waals surface area contributed by atoms with E-state index in [9.17, 15) is 0 Å². The van der Waals surface area contributed by atoms with E-state index in [0.717, 1.165) is 11.8 Å². The number of rotatable bonds is 4. The smallest absolute Gasteiger partial charge is 0.0794 e. The van der Waals surface area contributed by atoms with Gasteiger partial charge < -0.3 is 10.2 Å². The van der Waals surface area contributed by atoms with Crippen LogP contribution in [0, 0.1) is 0 Å². The first-order chi connectivity index (χ1) is 4.85. The third kappa shape index (κ3) is 3.92. The minimum absolute atomic E-state index is 0.0873. The predicted octanol–water partition coefficient (Wildman–Crippen LogP) is 1.55. The van der Waals surface area contributed by atoms with E-state index in [1.807, 2.05) is 0 Å². The van der Waals surface area contributed by atoms with E-state index in [2.05, 4.69) is 6.58 Å². The third-order valence-electron chi connectivity index (χ3n) is 1.02. The summed E-state index contributed by atoms with van der Waals surface area (Å²) in [5.41, 5.74) is 0.861. The van der Waals surface area contributed by atoms with Crippen LogP contribution in [0.5, 0.6) is 0 Å². The first kappa shape index (κ1) is 8.98. The van der Waals surface area contributed by atoms with Crippen LogP contribution in [0.15, 0.2) is 36.6 Å². The molecular formula is C8H12O2. The molecule has 0 rings (SSSR count). The molecule has 0 spiro atoms. The first-order valence-electron chi connectivity index (χ1n) is 3.08.